The maximum atomic E-state index is 11.1. The molecule has 0 spiro atoms. The molecule has 1 aliphatic rings. The molecular weight excluding hydrogens is 258 g/mol. The fourth-order valence-electron chi connectivity index (χ4n) is 2.43. The molecule has 0 saturated carbocycles. The summed E-state index contributed by atoms with van der Waals surface area (Å²) in [5, 5.41) is 9.61. The Labute approximate surface area is 115 Å². The van der Waals surface area contributed by atoms with Gasteiger partial charge >= 0.3 is 5.69 Å². The molecule has 0 amide bonds. The largest absolute Gasteiger partial charge is 0.497 e. The number of methoxy groups -OCH3 is 1. The van der Waals surface area contributed by atoms with Gasteiger partial charge in [-0.15, -0.1) is 0 Å². The van der Waals surface area contributed by atoms with E-state index in [1.54, 1.807) is 7.11 Å². The maximum absolute atomic E-state index is 11.1. The summed E-state index contributed by atoms with van der Waals surface area (Å²) >= 11 is 0. The summed E-state index contributed by atoms with van der Waals surface area (Å²) in [4.78, 5) is 18.0. The van der Waals surface area contributed by atoms with Crippen LogP contribution in [-0.4, -0.2) is 27.1 Å². The summed E-state index contributed by atoms with van der Waals surface area (Å²) in [5.41, 5.74) is 3.06. The maximum Gasteiger partial charge on any atom is 0.326 e. The summed E-state index contributed by atoms with van der Waals surface area (Å²) in [6.45, 7) is 5.15. The van der Waals surface area contributed by atoms with E-state index in [4.69, 9.17) is 4.74 Å². The van der Waals surface area contributed by atoms with E-state index in [1.165, 1.54) is 0 Å². The Morgan fingerprint density at radius 2 is 2.25 bits per heavy atom. The number of hydrogen-bond acceptors (Lipinski definition) is 4. The van der Waals surface area contributed by atoms with E-state index in [9.17, 15) is 9.90 Å². The monoisotopic (exact) mass is 273 g/mol. The van der Waals surface area contributed by atoms with E-state index in [-0.39, 0.29) is 5.88 Å². The van der Waals surface area contributed by atoms with Crippen molar-refractivity contribution in [2.45, 2.75) is 13.1 Å². The first-order valence-electron chi connectivity index (χ1n) is 6.19. The minimum absolute atomic E-state index is 0.128. The van der Waals surface area contributed by atoms with Crippen LogP contribution in [0.2, 0.25) is 0 Å². The molecule has 0 atom stereocenters. The number of aromatic amines is 2. The van der Waals surface area contributed by atoms with Crippen LogP contribution >= 0.6 is 0 Å². The first kappa shape index (κ1) is 12.4. The highest BCUT2D eigenvalue weighted by molar-refractivity contribution is 5.70. The van der Waals surface area contributed by atoms with Crippen molar-refractivity contribution in [3.63, 3.8) is 0 Å². The van der Waals surface area contributed by atoms with Crippen molar-refractivity contribution >= 4 is 5.70 Å². The smallest absolute Gasteiger partial charge is 0.326 e. The second-order valence-electron chi connectivity index (χ2n) is 4.73. The number of ether oxygens (including phenoxy) is 1. The van der Waals surface area contributed by atoms with Crippen LogP contribution < -0.4 is 10.4 Å². The van der Waals surface area contributed by atoms with E-state index in [2.05, 4.69) is 16.5 Å². The molecule has 20 heavy (non-hydrogen) atoms. The number of aromatic nitrogens is 2. The highest BCUT2D eigenvalue weighted by atomic mass is 16.5. The minimum atomic E-state index is -0.415. The van der Waals surface area contributed by atoms with Gasteiger partial charge in [0.2, 0.25) is 5.88 Å². The summed E-state index contributed by atoms with van der Waals surface area (Å²) < 4.78 is 5.21. The van der Waals surface area contributed by atoms with Crippen LogP contribution in [0.25, 0.3) is 5.70 Å². The van der Waals surface area contributed by atoms with Gasteiger partial charge in [0.1, 0.15) is 5.75 Å². The quantitative estimate of drug-likeness (QED) is 0.789. The number of hydrogen-bond donors (Lipinski definition) is 3. The van der Waals surface area contributed by atoms with Crippen molar-refractivity contribution in [1.82, 2.24) is 14.9 Å². The Hall–Kier alpha value is -2.63. The van der Waals surface area contributed by atoms with E-state index in [1.807, 2.05) is 23.1 Å². The Morgan fingerprint density at radius 1 is 1.45 bits per heavy atom. The van der Waals surface area contributed by atoms with Gasteiger partial charge in [0.05, 0.1) is 19.3 Å². The predicted molar refractivity (Wildman–Crippen MR) is 74.4 cm³/mol. The third-order valence-corrected chi connectivity index (χ3v) is 3.50. The molecule has 0 fully saturated rings. The lowest BCUT2D eigenvalue weighted by atomic mass is 10.1. The number of imidazole rings is 1. The fraction of sp³-hybridized carbons (Fsp3) is 0.214. The summed E-state index contributed by atoms with van der Waals surface area (Å²) in [5.74, 6) is 0.654. The normalized spacial score (nSPS) is 13.7. The Bertz CT molecular complexity index is 730. The zero-order valence-electron chi connectivity index (χ0n) is 11.1. The fourth-order valence-corrected chi connectivity index (χ4v) is 2.43. The summed E-state index contributed by atoms with van der Waals surface area (Å²) in [6.07, 6.45) is 0. The molecule has 0 bridgehead atoms. The van der Waals surface area contributed by atoms with Gasteiger partial charge < -0.3 is 19.7 Å². The van der Waals surface area contributed by atoms with Crippen LogP contribution in [0.4, 0.5) is 0 Å². The summed E-state index contributed by atoms with van der Waals surface area (Å²) in [6, 6.07) is 5.85. The van der Waals surface area contributed by atoms with Crippen LogP contribution in [0.15, 0.2) is 29.6 Å². The standard InChI is InChI=1S/C14H15N3O3/c1-8-11-5-10(20-2)4-3-9(11)6-17(8)7-12-13(18)16-14(19)15-12/h3-5,18H,1,6-7H2,2H3,(H2,15,16,19). The number of benzene rings is 1. The molecule has 0 aliphatic carbocycles. The van der Waals surface area contributed by atoms with Gasteiger partial charge in [-0.1, -0.05) is 12.6 Å². The molecule has 0 unspecified atom stereocenters. The van der Waals surface area contributed by atoms with E-state index >= 15 is 0 Å². The average Bonchev–Trinajstić information content (AvgIpc) is 2.91. The average molecular weight is 273 g/mol. The predicted octanol–water partition coefficient (Wildman–Crippen LogP) is 1.40. The molecule has 2 heterocycles. The van der Waals surface area contributed by atoms with Crippen molar-refractivity contribution in [3.8, 4) is 11.6 Å². The number of fused-ring (bicyclic) bond motifs is 1. The SMILES string of the molecule is C=C1c2cc(OC)ccc2CN1Cc1[nH]c(=O)[nH]c1O. The lowest BCUT2D eigenvalue weighted by molar-refractivity contribution is 0.380. The van der Waals surface area contributed by atoms with Crippen molar-refractivity contribution < 1.29 is 9.84 Å². The molecule has 1 aliphatic heterocycles. The molecule has 6 heteroatoms. The lowest BCUT2D eigenvalue weighted by Crippen LogP contribution is -2.15. The van der Waals surface area contributed by atoms with E-state index in [0.717, 1.165) is 22.6 Å². The van der Waals surface area contributed by atoms with Crippen LogP contribution in [-0.2, 0) is 13.1 Å². The molecular formula is C14H15N3O3. The number of rotatable bonds is 3. The van der Waals surface area contributed by atoms with Crippen molar-refractivity contribution in [1.29, 1.82) is 0 Å². The van der Waals surface area contributed by atoms with Crippen molar-refractivity contribution in [2.75, 3.05) is 7.11 Å². The van der Waals surface area contributed by atoms with Crippen LogP contribution in [0.5, 0.6) is 11.6 Å². The van der Waals surface area contributed by atoms with Gasteiger partial charge in [-0.25, -0.2) is 4.79 Å². The topological polar surface area (TPSA) is 81.3 Å². The van der Waals surface area contributed by atoms with E-state index < -0.39 is 5.69 Å². The van der Waals surface area contributed by atoms with E-state index in [0.29, 0.717) is 18.8 Å². The third-order valence-electron chi connectivity index (χ3n) is 3.50. The van der Waals surface area contributed by atoms with Crippen LogP contribution in [0, 0.1) is 0 Å². The number of nitrogens with zero attached hydrogens (tertiary/aromatic N) is 1. The van der Waals surface area contributed by atoms with Crippen molar-refractivity contribution in [3.05, 3.63) is 52.1 Å². The Balaban J connectivity index is 1.86. The second kappa shape index (κ2) is 4.48. The van der Waals surface area contributed by atoms with Gasteiger partial charge in [0, 0.05) is 17.8 Å². The number of H-pyrrole nitrogens is 2. The van der Waals surface area contributed by atoms with Gasteiger partial charge in [-0.3, -0.25) is 4.98 Å². The molecule has 2 aromatic rings. The molecule has 3 N–H and O–H groups in total. The number of aromatic hydroxyl groups is 1. The number of nitrogens with one attached hydrogen (secondary N) is 2. The minimum Gasteiger partial charge on any atom is -0.497 e. The first-order chi connectivity index (χ1) is 9.58. The molecule has 0 radical (unpaired) electrons. The second-order valence-corrected chi connectivity index (χ2v) is 4.73. The molecule has 6 nitrogen and oxygen atoms in total. The Kier molecular flexibility index (Phi) is 2.78. The zero-order valence-corrected chi connectivity index (χ0v) is 11.1. The molecule has 104 valence electrons. The Morgan fingerprint density at radius 3 is 2.90 bits per heavy atom. The van der Waals surface area contributed by atoms with Gasteiger partial charge in [0.25, 0.3) is 0 Å². The molecule has 1 aromatic carbocycles. The van der Waals surface area contributed by atoms with Gasteiger partial charge in [0.15, 0.2) is 0 Å². The zero-order chi connectivity index (χ0) is 14.3. The molecule has 1 aromatic heterocycles. The third kappa shape index (κ3) is 1.95. The molecule has 0 saturated heterocycles. The van der Waals surface area contributed by atoms with Crippen LogP contribution in [0.3, 0.4) is 0 Å². The first-order valence-corrected chi connectivity index (χ1v) is 6.19. The highest BCUT2D eigenvalue weighted by Crippen LogP contribution is 2.35. The lowest BCUT2D eigenvalue weighted by Gasteiger charge is -2.18. The molecule has 3 rings (SSSR count). The van der Waals surface area contributed by atoms with Crippen molar-refractivity contribution in [2.24, 2.45) is 0 Å². The van der Waals surface area contributed by atoms with Gasteiger partial charge in [-0.05, 0) is 17.7 Å². The van der Waals surface area contributed by atoms with Crippen LogP contribution in [0.1, 0.15) is 16.8 Å². The van der Waals surface area contributed by atoms with Gasteiger partial charge in [-0.2, -0.15) is 0 Å². The summed E-state index contributed by atoms with van der Waals surface area (Å²) in [7, 11) is 1.62. The highest BCUT2D eigenvalue weighted by Gasteiger charge is 2.24.